The minimum Gasteiger partial charge on any atom is -0.399 e. The summed E-state index contributed by atoms with van der Waals surface area (Å²) in [5, 5.41) is 4.50. The third-order valence-corrected chi connectivity index (χ3v) is 3.49. The molecule has 5 heteroatoms. The van der Waals surface area contributed by atoms with Crippen LogP contribution in [0.2, 0.25) is 5.02 Å². The molecule has 3 aromatic rings. The molecule has 106 valence electrons. The molecule has 1 aromatic heterocycles. The van der Waals surface area contributed by atoms with E-state index in [-0.39, 0.29) is 0 Å². The Morgan fingerprint density at radius 3 is 2.62 bits per heavy atom. The Labute approximate surface area is 127 Å². The molecule has 0 fully saturated rings. The lowest BCUT2D eigenvalue weighted by Gasteiger charge is -1.99. The Kier molecular flexibility index (Phi) is 3.88. The van der Waals surface area contributed by atoms with Crippen LogP contribution in [-0.4, -0.2) is 10.1 Å². The summed E-state index contributed by atoms with van der Waals surface area (Å²) < 4.78 is 5.28. The van der Waals surface area contributed by atoms with Crippen molar-refractivity contribution in [2.24, 2.45) is 0 Å². The van der Waals surface area contributed by atoms with E-state index in [0.717, 1.165) is 12.0 Å². The van der Waals surface area contributed by atoms with Crippen LogP contribution in [0.4, 0.5) is 5.69 Å². The van der Waals surface area contributed by atoms with Crippen LogP contribution >= 0.6 is 11.6 Å². The van der Waals surface area contributed by atoms with Crippen LogP contribution < -0.4 is 5.73 Å². The van der Waals surface area contributed by atoms with E-state index in [1.807, 2.05) is 18.2 Å². The number of anilines is 1. The highest BCUT2D eigenvalue weighted by Crippen LogP contribution is 2.27. The van der Waals surface area contributed by atoms with Gasteiger partial charge in [-0.1, -0.05) is 47.1 Å². The fourth-order valence-corrected chi connectivity index (χ4v) is 2.35. The van der Waals surface area contributed by atoms with E-state index >= 15 is 0 Å². The SMILES string of the molecule is Nc1ccc(-c2noc(CCc3ccccc3)n2)c(Cl)c1. The van der Waals surface area contributed by atoms with Crippen LogP contribution in [0.25, 0.3) is 11.4 Å². The normalized spacial score (nSPS) is 10.7. The van der Waals surface area contributed by atoms with Crippen LogP contribution in [-0.2, 0) is 12.8 Å². The molecule has 0 aliphatic heterocycles. The van der Waals surface area contributed by atoms with Crippen molar-refractivity contribution in [1.29, 1.82) is 0 Å². The maximum absolute atomic E-state index is 6.14. The third kappa shape index (κ3) is 3.23. The summed E-state index contributed by atoms with van der Waals surface area (Å²) in [4.78, 5) is 4.38. The molecule has 2 aromatic carbocycles. The quantitative estimate of drug-likeness (QED) is 0.745. The molecule has 0 bridgehead atoms. The second-order valence-corrected chi connectivity index (χ2v) is 5.14. The van der Waals surface area contributed by atoms with Gasteiger partial charge in [0.05, 0.1) is 5.02 Å². The summed E-state index contributed by atoms with van der Waals surface area (Å²) in [6, 6.07) is 15.4. The first kappa shape index (κ1) is 13.6. The summed E-state index contributed by atoms with van der Waals surface area (Å²) >= 11 is 6.14. The number of aryl methyl sites for hydroxylation is 2. The van der Waals surface area contributed by atoms with Gasteiger partial charge in [-0.2, -0.15) is 4.98 Å². The number of halogens is 1. The molecule has 0 unspecified atom stereocenters. The van der Waals surface area contributed by atoms with Gasteiger partial charge in [-0.3, -0.25) is 0 Å². The van der Waals surface area contributed by atoms with Gasteiger partial charge in [-0.05, 0) is 30.2 Å². The molecule has 0 spiro atoms. The van der Waals surface area contributed by atoms with Crippen molar-refractivity contribution < 1.29 is 4.52 Å². The monoisotopic (exact) mass is 299 g/mol. The van der Waals surface area contributed by atoms with Crippen LogP contribution in [0.15, 0.2) is 53.1 Å². The molecule has 1 heterocycles. The largest absolute Gasteiger partial charge is 0.399 e. The zero-order valence-corrected chi connectivity index (χ0v) is 12.0. The van der Waals surface area contributed by atoms with Crippen LogP contribution in [0.3, 0.4) is 0 Å². The Hall–Kier alpha value is -2.33. The molecule has 0 amide bonds. The van der Waals surface area contributed by atoms with Crippen molar-refractivity contribution in [2.75, 3.05) is 5.73 Å². The Morgan fingerprint density at radius 1 is 1.05 bits per heavy atom. The second kappa shape index (κ2) is 5.97. The number of nitrogens with two attached hydrogens (primary N) is 1. The highest BCUT2D eigenvalue weighted by molar-refractivity contribution is 6.33. The number of nitrogens with zero attached hydrogens (tertiary/aromatic N) is 2. The maximum atomic E-state index is 6.14. The molecule has 3 rings (SSSR count). The molecule has 21 heavy (non-hydrogen) atoms. The number of nitrogen functional groups attached to an aromatic ring is 1. The summed E-state index contributed by atoms with van der Waals surface area (Å²) in [5.74, 6) is 1.09. The maximum Gasteiger partial charge on any atom is 0.227 e. The van der Waals surface area contributed by atoms with Gasteiger partial charge < -0.3 is 10.3 Å². The lowest BCUT2D eigenvalue weighted by atomic mass is 10.1. The smallest absolute Gasteiger partial charge is 0.227 e. The van der Waals surface area contributed by atoms with Crippen LogP contribution in [0.1, 0.15) is 11.5 Å². The number of rotatable bonds is 4. The number of aromatic nitrogens is 2. The van der Waals surface area contributed by atoms with Gasteiger partial charge in [-0.15, -0.1) is 0 Å². The molecule has 0 atom stereocenters. The molecular formula is C16H14ClN3O. The van der Waals surface area contributed by atoms with Crippen molar-refractivity contribution in [2.45, 2.75) is 12.8 Å². The Balaban J connectivity index is 1.74. The highest BCUT2D eigenvalue weighted by Gasteiger charge is 2.12. The Morgan fingerprint density at radius 2 is 1.86 bits per heavy atom. The molecule has 0 saturated carbocycles. The van der Waals surface area contributed by atoms with Gasteiger partial charge in [-0.25, -0.2) is 0 Å². The van der Waals surface area contributed by atoms with E-state index in [1.165, 1.54) is 5.56 Å². The fourth-order valence-electron chi connectivity index (χ4n) is 2.07. The predicted molar refractivity (Wildman–Crippen MR) is 83.0 cm³/mol. The summed E-state index contributed by atoms with van der Waals surface area (Å²) in [6.45, 7) is 0. The minimum atomic E-state index is 0.489. The van der Waals surface area contributed by atoms with E-state index in [0.29, 0.717) is 28.8 Å². The van der Waals surface area contributed by atoms with Crippen LogP contribution in [0, 0.1) is 0 Å². The van der Waals surface area contributed by atoms with Crippen molar-refractivity contribution in [1.82, 2.24) is 10.1 Å². The predicted octanol–water partition coefficient (Wildman–Crippen LogP) is 3.76. The van der Waals surface area contributed by atoms with Gasteiger partial charge in [0.1, 0.15) is 0 Å². The van der Waals surface area contributed by atoms with Crippen molar-refractivity contribution in [3.63, 3.8) is 0 Å². The average Bonchev–Trinajstić information content (AvgIpc) is 2.95. The number of hydrogen-bond acceptors (Lipinski definition) is 4. The van der Waals surface area contributed by atoms with Gasteiger partial charge in [0, 0.05) is 17.7 Å². The first-order chi connectivity index (χ1) is 10.2. The van der Waals surface area contributed by atoms with Gasteiger partial charge in [0.25, 0.3) is 0 Å². The van der Waals surface area contributed by atoms with Gasteiger partial charge in [0.15, 0.2) is 0 Å². The molecule has 2 N–H and O–H groups in total. The van der Waals surface area contributed by atoms with Crippen molar-refractivity contribution >= 4 is 17.3 Å². The third-order valence-electron chi connectivity index (χ3n) is 3.17. The average molecular weight is 300 g/mol. The van der Waals surface area contributed by atoms with E-state index < -0.39 is 0 Å². The van der Waals surface area contributed by atoms with E-state index in [2.05, 4.69) is 22.3 Å². The lowest BCUT2D eigenvalue weighted by Crippen LogP contribution is -1.91. The topological polar surface area (TPSA) is 64.9 Å². The highest BCUT2D eigenvalue weighted by atomic mass is 35.5. The molecular weight excluding hydrogens is 286 g/mol. The number of hydrogen-bond donors (Lipinski definition) is 1. The summed E-state index contributed by atoms with van der Waals surface area (Å²) in [7, 11) is 0. The van der Waals surface area contributed by atoms with E-state index in [1.54, 1.807) is 18.2 Å². The summed E-state index contributed by atoms with van der Waals surface area (Å²) in [6.07, 6.45) is 1.56. The first-order valence-electron chi connectivity index (χ1n) is 6.64. The summed E-state index contributed by atoms with van der Waals surface area (Å²) in [5.41, 5.74) is 8.24. The van der Waals surface area contributed by atoms with E-state index in [9.17, 15) is 0 Å². The minimum absolute atomic E-state index is 0.489. The molecule has 0 radical (unpaired) electrons. The standard InChI is InChI=1S/C16H14ClN3O/c17-14-10-12(18)7-8-13(14)16-19-15(21-20-16)9-6-11-4-2-1-3-5-11/h1-5,7-8,10H,6,9,18H2. The van der Waals surface area contributed by atoms with Crippen molar-refractivity contribution in [3.05, 3.63) is 65.0 Å². The zero-order chi connectivity index (χ0) is 14.7. The second-order valence-electron chi connectivity index (χ2n) is 4.74. The van der Waals surface area contributed by atoms with Crippen LogP contribution in [0.5, 0.6) is 0 Å². The molecule has 4 nitrogen and oxygen atoms in total. The fraction of sp³-hybridized carbons (Fsp3) is 0.125. The molecule has 0 aliphatic carbocycles. The Bertz CT molecular complexity index is 740. The first-order valence-corrected chi connectivity index (χ1v) is 7.02. The van der Waals surface area contributed by atoms with Crippen molar-refractivity contribution in [3.8, 4) is 11.4 Å². The van der Waals surface area contributed by atoms with Gasteiger partial charge in [0.2, 0.25) is 11.7 Å². The molecule has 0 aliphatic rings. The molecule has 0 saturated heterocycles. The van der Waals surface area contributed by atoms with Gasteiger partial charge >= 0.3 is 0 Å². The number of benzene rings is 2. The lowest BCUT2D eigenvalue weighted by molar-refractivity contribution is 0.379. The zero-order valence-electron chi connectivity index (χ0n) is 11.3. The van der Waals surface area contributed by atoms with E-state index in [4.69, 9.17) is 21.9 Å².